The first-order valence-corrected chi connectivity index (χ1v) is 11.6. The fourth-order valence-electron chi connectivity index (χ4n) is 3.27. The molecule has 0 aliphatic rings. The molecule has 3 amide bonds. The van der Waals surface area contributed by atoms with Crippen LogP contribution in [-0.4, -0.2) is 66.6 Å². The van der Waals surface area contributed by atoms with E-state index < -0.39 is 48.4 Å². The quantitative estimate of drug-likeness (QED) is 0.138. The van der Waals surface area contributed by atoms with Crippen LogP contribution in [0.3, 0.4) is 0 Å². The molecule has 0 aliphatic carbocycles. The van der Waals surface area contributed by atoms with Crippen LogP contribution in [0.1, 0.15) is 44.1 Å². The number of aliphatic carboxylic acids is 1. The van der Waals surface area contributed by atoms with Gasteiger partial charge in [0, 0.05) is 6.42 Å². The van der Waals surface area contributed by atoms with Crippen LogP contribution in [0.5, 0.6) is 0 Å². The molecule has 1 aromatic carbocycles. The van der Waals surface area contributed by atoms with E-state index in [1.54, 1.807) is 24.3 Å². The number of carbonyl (C=O) groups is 4. The number of nitrogens with two attached hydrogens (primary N) is 3. The van der Waals surface area contributed by atoms with Gasteiger partial charge in [0.15, 0.2) is 0 Å². The first-order valence-electron chi connectivity index (χ1n) is 11.6. The van der Waals surface area contributed by atoms with E-state index in [0.29, 0.717) is 45.2 Å². The van der Waals surface area contributed by atoms with Gasteiger partial charge in [-0.2, -0.15) is 0 Å². The van der Waals surface area contributed by atoms with Gasteiger partial charge < -0.3 is 38.3 Å². The molecule has 0 saturated heterocycles. The maximum atomic E-state index is 12.7. The van der Waals surface area contributed by atoms with Crippen molar-refractivity contribution in [1.82, 2.24) is 16.0 Å². The predicted molar refractivity (Wildman–Crippen MR) is 128 cm³/mol. The van der Waals surface area contributed by atoms with E-state index in [2.05, 4.69) is 16.0 Å². The summed E-state index contributed by atoms with van der Waals surface area (Å²) in [6.45, 7) is 0.527. The fourth-order valence-corrected chi connectivity index (χ4v) is 3.27. The molecular formula is C23H38N6O5. The molecule has 0 spiro atoms. The molecule has 1 rings (SSSR count). The van der Waals surface area contributed by atoms with Gasteiger partial charge in [0.25, 0.3) is 0 Å². The van der Waals surface area contributed by atoms with E-state index in [-0.39, 0.29) is 6.42 Å². The lowest BCUT2D eigenvalue weighted by Crippen LogP contribution is -2.53. The standard InChI is InChI=1S/C23H38N6O5/c24-12-6-4-10-17(26)21(31)29-18(11-5-7-13-25)22(32)27-15-20(30)28-19(23(33)34)14-16-8-2-1-3-9-16/h1-3,8-9,17-19H,4-7,10-15,24-26H2,(H,27,32)(H,28,30)(H,29,31)(H,33,34). The van der Waals surface area contributed by atoms with Crippen molar-refractivity contribution in [2.45, 2.75) is 63.1 Å². The maximum Gasteiger partial charge on any atom is 0.326 e. The molecule has 0 heterocycles. The Bertz CT molecular complexity index is 776. The van der Waals surface area contributed by atoms with Crippen LogP contribution >= 0.6 is 0 Å². The normalized spacial score (nSPS) is 13.4. The van der Waals surface area contributed by atoms with Gasteiger partial charge in [-0.1, -0.05) is 36.8 Å². The third-order valence-corrected chi connectivity index (χ3v) is 5.23. The molecule has 11 heteroatoms. The first-order chi connectivity index (χ1) is 16.3. The summed E-state index contributed by atoms with van der Waals surface area (Å²) in [5.74, 6) is -2.84. The summed E-state index contributed by atoms with van der Waals surface area (Å²) in [4.78, 5) is 48.9. The number of amides is 3. The smallest absolute Gasteiger partial charge is 0.326 e. The van der Waals surface area contributed by atoms with Crippen LogP contribution in [0.4, 0.5) is 0 Å². The highest BCUT2D eigenvalue weighted by Crippen LogP contribution is 2.05. The van der Waals surface area contributed by atoms with E-state index in [0.717, 1.165) is 12.0 Å². The van der Waals surface area contributed by atoms with E-state index in [9.17, 15) is 24.3 Å². The maximum absolute atomic E-state index is 12.7. The third-order valence-electron chi connectivity index (χ3n) is 5.23. The van der Waals surface area contributed by atoms with Crippen LogP contribution < -0.4 is 33.2 Å². The van der Waals surface area contributed by atoms with Crippen LogP contribution in [0.2, 0.25) is 0 Å². The van der Waals surface area contributed by atoms with Gasteiger partial charge in [-0.25, -0.2) is 4.79 Å². The lowest BCUT2D eigenvalue weighted by atomic mass is 10.1. The predicted octanol–water partition coefficient (Wildman–Crippen LogP) is -1.02. The zero-order chi connectivity index (χ0) is 25.3. The molecule has 190 valence electrons. The van der Waals surface area contributed by atoms with E-state index >= 15 is 0 Å². The lowest BCUT2D eigenvalue weighted by Gasteiger charge is -2.21. The largest absolute Gasteiger partial charge is 0.480 e. The number of benzene rings is 1. The molecule has 0 aliphatic heterocycles. The van der Waals surface area contributed by atoms with Gasteiger partial charge in [0.2, 0.25) is 17.7 Å². The van der Waals surface area contributed by atoms with Crippen LogP contribution in [0, 0.1) is 0 Å². The molecule has 34 heavy (non-hydrogen) atoms. The molecule has 0 fully saturated rings. The Balaban J connectivity index is 2.63. The van der Waals surface area contributed by atoms with Crippen molar-refractivity contribution in [2.24, 2.45) is 17.2 Å². The highest BCUT2D eigenvalue weighted by molar-refractivity contribution is 5.92. The summed E-state index contributed by atoms with van der Waals surface area (Å²) in [6.07, 6.45) is 3.60. The van der Waals surface area contributed by atoms with Crippen LogP contribution in [-0.2, 0) is 25.6 Å². The minimum absolute atomic E-state index is 0.107. The van der Waals surface area contributed by atoms with Gasteiger partial charge in [0.1, 0.15) is 12.1 Å². The first kappa shape index (κ1) is 29.0. The summed E-state index contributed by atoms with van der Waals surface area (Å²) in [6, 6.07) is 6.10. The molecule has 3 atom stereocenters. The number of unbranched alkanes of at least 4 members (excludes halogenated alkanes) is 2. The van der Waals surface area contributed by atoms with Gasteiger partial charge in [-0.15, -0.1) is 0 Å². The van der Waals surface area contributed by atoms with E-state index in [1.807, 2.05) is 6.07 Å². The summed E-state index contributed by atoms with van der Waals surface area (Å²) < 4.78 is 0. The average Bonchev–Trinajstić information content (AvgIpc) is 2.82. The number of hydrogen-bond acceptors (Lipinski definition) is 7. The van der Waals surface area contributed by atoms with Crippen LogP contribution in [0.25, 0.3) is 0 Å². The Hall–Kier alpha value is -3.02. The van der Waals surface area contributed by atoms with Crippen molar-refractivity contribution in [3.8, 4) is 0 Å². The topological polar surface area (TPSA) is 203 Å². The Morgan fingerprint density at radius 1 is 0.824 bits per heavy atom. The Morgan fingerprint density at radius 2 is 1.44 bits per heavy atom. The number of hydrogen-bond donors (Lipinski definition) is 7. The highest BCUT2D eigenvalue weighted by Gasteiger charge is 2.25. The molecule has 1 aromatic rings. The summed E-state index contributed by atoms with van der Waals surface area (Å²) in [5.41, 5.74) is 17.6. The molecule has 3 unspecified atom stereocenters. The fraction of sp³-hybridized carbons (Fsp3) is 0.565. The minimum atomic E-state index is -1.18. The monoisotopic (exact) mass is 478 g/mol. The second-order valence-electron chi connectivity index (χ2n) is 8.10. The van der Waals surface area contributed by atoms with Crippen molar-refractivity contribution < 1.29 is 24.3 Å². The molecule has 0 radical (unpaired) electrons. The number of carboxylic acids is 1. The molecule has 0 aromatic heterocycles. The Labute approximate surface area is 200 Å². The SMILES string of the molecule is NCCCCC(N)C(=O)NC(CCCCN)C(=O)NCC(=O)NC(Cc1ccccc1)C(=O)O. The van der Waals surface area contributed by atoms with E-state index in [1.165, 1.54) is 0 Å². The molecule has 0 bridgehead atoms. The molecule has 0 saturated carbocycles. The zero-order valence-electron chi connectivity index (χ0n) is 19.5. The average molecular weight is 479 g/mol. The molecule has 11 nitrogen and oxygen atoms in total. The Morgan fingerprint density at radius 3 is 2.03 bits per heavy atom. The molecular weight excluding hydrogens is 440 g/mol. The zero-order valence-corrected chi connectivity index (χ0v) is 19.5. The van der Waals surface area contributed by atoms with E-state index in [4.69, 9.17) is 17.2 Å². The van der Waals surface area contributed by atoms with Crippen LogP contribution in [0.15, 0.2) is 30.3 Å². The van der Waals surface area contributed by atoms with Crippen molar-refractivity contribution >= 4 is 23.7 Å². The number of nitrogens with one attached hydrogen (secondary N) is 3. The Kier molecular flexibility index (Phi) is 14.1. The minimum Gasteiger partial charge on any atom is -0.480 e. The third kappa shape index (κ3) is 11.7. The van der Waals surface area contributed by atoms with Crippen molar-refractivity contribution in [1.29, 1.82) is 0 Å². The van der Waals surface area contributed by atoms with Crippen molar-refractivity contribution in [2.75, 3.05) is 19.6 Å². The number of rotatable bonds is 17. The van der Waals surface area contributed by atoms with Gasteiger partial charge in [-0.3, -0.25) is 14.4 Å². The molecule has 10 N–H and O–H groups in total. The highest BCUT2D eigenvalue weighted by atomic mass is 16.4. The lowest BCUT2D eigenvalue weighted by molar-refractivity contribution is -0.141. The van der Waals surface area contributed by atoms with Crippen molar-refractivity contribution in [3.63, 3.8) is 0 Å². The summed E-state index contributed by atoms with van der Waals surface area (Å²) in [5, 5.41) is 16.9. The second-order valence-corrected chi connectivity index (χ2v) is 8.10. The van der Waals surface area contributed by atoms with Gasteiger partial charge >= 0.3 is 5.97 Å². The second kappa shape index (κ2) is 16.6. The number of carboxylic acid groups (broad SMARTS) is 1. The van der Waals surface area contributed by atoms with Gasteiger partial charge in [0.05, 0.1) is 12.6 Å². The summed E-state index contributed by atoms with van der Waals surface area (Å²) in [7, 11) is 0. The van der Waals surface area contributed by atoms with Crippen molar-refractivity contribution in [3.05, 3.63) is 35.9 Å². The summed E-state index contributed by atoms with van der Waals surface area (Å²) >= 11 is 0. The number of carbonyl (C=O) groups excluding carboxylic acids is 3. The van der Waals surface area contributed by atoms with Gasteiger partial charge in [-0.05, 0) is 50.8 Å².